The molecular formula is C22H24N2O5. The third kappa shape index (κ3) is 3.86. The molecule has 0 aliphatic carbocycles. The smallest absolute Gasteiger partial charge is 0.268 e. The van der Waals surface area contributed by atoms with Gasteiger partial charge in [0.2, 0.25) is 6.79 Å². The molecule has 7 heteroatoms. The van der Waals surface area contributed by atoms with E-state index in [1.54, 1.807) is 7.11 Å². The molecule has 0 atom stereocenters. The van der Waals surface area contributed by atoms with Gasteiger partial charge in [-0.2, -0.15) is 0 Å². The van der Waals surface area contributed by atoms with Crippen LogP contribution in [0.5, 0.6) is 17.2 Å². The summed E-state index contributed by atoms with van der Waals surface area (Å²) in [7, 11) is 1.65. The monoisotopic (exact) mass is 396 g/mol. The topological polar surface area (TPSA) is 71.0 Å². The van der Waals surface area contributed by atoms with Crippen molar-refractivity contribution in [3.05, 3.63) is 53.7 Å². The minimum atomic E-state index is -0.155. The van der Waals surface area contributed by atoms with Gasteiger partial charge in [0, 0.05) is 25.6 Å². The van der Waals surface area contributed by atoms with Gasteiger partial charge in [-0.25, -0.2) is 0 Å². The van der Waals surface area contributed by atoms with Crippen molar-refractivity contribution in [2.75, 3.05) is 27.1 Å². The minimum Gasteiger partial charge on any atom is -0.493 e. The molecule has 0 spiro atoms. The van der Waals surface area contributed by atoms with E-state index in [9.17, 15) is 4.79 Å². The Hall–Kier alpha value is -3.19. The van der Waals surface area contributed by atoms with Gasteiger partial charge in [-0.1, -0.05) is 12.1 Å². The van der Waals surface area contributed by atoms with E-state index in [0.717, 1.165) is 28.0 Å². The summed E-state index contributed by atoms with van der Waals surface area (Å²) in [6.45, 7) is 4.20. The second kappa shape index (κ2) is 8.45. The number of aromatic nitrogens is 1. The van der Waals surface area contributed by atoms with Crippen LogP contribution in [0.3, 0.4) is 0 Å². The van der Waals surface area contributed by atoms with Gasteiger partial charge in [0.25, 0.3) is 5.91 Å². The average Bonchev–Trinajstić information content (AvgIpc) is 3.35. The number of fused-ring (bicyclic) bond motifs is 2. The van der Waals surface area contributed by atoms with Gasteiger partial charge in [0.05, 0.1) is 18.7 Å². The van der Waals surface area contributed by atoms with Crippen LogP contribution in [0.25, 0.3) is 10.9 Å². The summed E-state index contributed by atoms with van der Waals surface area (Å²) in [5, 5.41) is 3.91. The number of carbonyl (C=O) groups is 1. The van der Waals surface area contributed by atoms with Crippen LogP contribution in [0.15, 0.2) is 42.5 Å². The predicted molar refractivity (Wildman–Crippen MR) is 109 cm³/mol. The van der Waals surface area contributed by atoms with Crippen molar-refractivity contribution in [3.63, 3.8) is 0 Å². The molecule has 1 N–H and O–H groups in total. The Bertz CT molecular complexity index is 1030. The van der Waals surface area contributed by atoms with Gasteiger partial charge in [-0.15, -0.1) is 0 Å². The number of nitrogens with one attached hydrogen (secondary N) is 1. The Kier molecular flexibility index (Phi) is 5.57. The minimum absolute atomic E-state index is 0.155. The molecule has 4 rings (SSSR count). The molecule has 0 saturated carbocycles. The number of amides is 1. The molecule has 0 radical (unpaired) electrons. The molecule has 0 unspecified atom stereocenters. The van der Waals surface area contributed by atoms with Crippen LogP contribution < -0.4 is 19.5 Å². The molecule has 29 heavy (non-hydrogen) atoms. The Morgan fingerprint density at radius 2 is 2.03 bits per heavy atom. The van der Waals surface area contributed by atoms with E-state index in [-0.39, 0.29) is 12.7 Å². The zero-order valence-electron chi connectivity index (χ0n) is 16.6. The summed E-state index contributed by atoms with van der Waals surface area (Å²) in [6, 6.07) is 13.4. The fourth-order valence-corrected chi connectivity index (χ4v) is 3.47. The van der Waals surface area contributed by atoms with Gasteiger partial charge in [0.1, 0.15) is 11.4 Å². The molecule has 1 aliphatic heterocycles. The second-order valence-corrected chi connectivity index (χ2v) is 6.67. The summed E-state index contributed by atoms with van der Waals surface area (Å²) >= 11 is 0. The second-order valence-electron chi connectivity index (χ2n) is 6.67. The number of benzene rings is 2. The summed E-state index contributed by atoms with van der Waals surface area (Å²) in [4.78, 5) is 13.0. The number of nitrogens with zero attached hydrogens (tertiary/aromatic N) is 1. The van der Waals surface area contributed by atoms with Crippen molar-refractivity contribution < 1.29 is 23.7 Å². The number of hydrogen-bond donors (Lipinski definition) is 1. The Morgan fingerprint density at radius 3 is 2.86 bits per heavy atom. The van der Waals surface area contributed by atoms with E-state index in [1.165, 1.54) is 0 Å². The normalized spacial score (nSPS) is 12.3. The van der Waals surface area contributed by atoms with Crippen molar-refractivity contribution >= 4 is 16.8 Å². The van der Waals surface area contributed by atoms with Crippen molar-refractivity contribution in [2.45, 2.75) is 20.0 Å². The van der Waals surface area contributed by atoms with Gasteiger partial charge < -0.3 is 28.8 Å². The van der Waals surface area contributed by atoms with E-state index in [4.69, 9.17) is 18.9 Å². The van der Waals surface area contributed by atoms with Gasteiger partial charge in [-0.05, 0) is 42.8 Å². The molecule has 0 fully saturated rings. The standard InChI is InChI=1S/C22H24N2O5/c1-3-27-19-6-4-5-17-16(19)12-18(24(17)9-10-26-2)22(25)23-13-15-7-8-20-21(11-15)29-14-28-20/h4-8,11-12H,3,9-10,13-14H2,1-2H3,(H,23,25). The fourth-order valence-electron chi connectivity index (χ4n) is 3.47. The number of carbonyl (C=O) groups excluding carboxylic acids is 1. The molecule has 1 aromatic heterocycles. The van der Waals surface area contributed by atoms with Crippen LogP contribution >= 0.6 is 0 Å². The van der Waals surface area contributed by atoms with E-state index in [2.05, 4.69) is 5.32 Å². The van der Waals surface area contributed by atoms with E-state index >= 15 is 0 Å². The first-order valence-electron chi connectivity index (χ1n) is 9.62. The number of methoxy groups -OCH3 is 1. The highest BCUT2D eigenvalue weighted by molar-refractivity contribution is 6.00. The number of rotatable bonds is 8. The lowest BCUT2D eigenvalue weighted by Gasteiger charge is -2.11. The largest absolute Gasteiger partial charge is 0.493 e. The molecule has 0 bridgehead atoms. The molecular weight excluding hydrogens is 372 g/mol. The van der Waals surface area contributed by atoms with Crippen LogP contribution in [0, 0.1) is 0 Å². The zero-order valence-corrected chi connectivity index (χ0v) is 16.6. The molecule has 1 aliphatic rings. The van der Waals surface area contributed by atoms with Crippen molar-refractivity contribution in [3.8, 4) is 17.2 Å². The van der Waals surface area contributed by atoms with Crippen LogP contribution in [0.2, 0.25) is 0 Å². The van der Waals surface area contributed by atoms with E-state index in [0.29, 0.717) is 37.7 Å². The summed E-state index contributed by atoms with van der Waals surface area (Å²) in [5.74, 6) is 2.04. The van der Waals surface area contributed by atoms with Crippen molar-refractivity contribution in [1.29, 1.82) is 0 Å². The molecule has 3 aromatic rings. The van der Waals surface area contributed by atoms with E-state index in [1.807, 2.05) is 54.0 Å². The number of ether oxygens (including phenoxy) is 4. The zero-order chi connectivity index (χ0) is 20.2. The maximum atomic E-state index is 13.0. The molecule has 0 saturated heterocycles. The Labute approximate surface area is 169 Å². The van der Waals surface area contributed by atoms with Crippen molar-refractivity contribution in [2.24, 2.45) is 0 Å². The summed E-state index contributed by atoms with van der Waals surface area (Å²) < 4.78 is 23.7. The SMILES string of the molecule is CCOc1cccc2c1cc(C(=O)NCc1ccc3c(c1)OCO3)n2CCOC. The third-order valence-corrected chi connectivity index (χ3v) is 4.85. The first kappa shape index (κ1) is 19.1. The molecule has 7 nitrogen and oxygen atoms in total. The average molecular weight is 396 g/mol. The molecule has 1 amide bonds. The van der Waals surface area contributed by atoms with Gasteiger partial charge >= 0.3 is 0 Å². The van der Waals surface area contributed by atoms with Gasteiger partial charge in [-0.3, -0.25) is 4.79 Å². The highest BCUT2D eigenvalue weighted by Crippen LogP contribution is 2.32. The Balaban J connectivity index is 1.59. The van der Waals surface area contributed by atoms with Crippen LogP contribution in [0.1, 0.15) is 23.0 Å². The summed E-state index contributed by atoms with van der Waals surface area (Å²) in [5.41, 5.74) is 2.46. The maximum Gasteiger partial charge on any atom is 0.268 e. The van der Waals surface area contributed by atoms with Crippen LogP contribution in [0.4, 0.5) is 0 Å². The lowest BCUT2D eigenvalue weighted by atomic mass is 10.2. The van der Waals surface area contributed by atoms with Crippen molar-refractivity contribution in [1.82, 2.24) is 9.88 Å². The lowest BCUT2D eigenvalue weighted by molar-refractivity contribution is 0.0939. The third-order valence-electron chi connectivity index (χ3n) is 4.85. The highest BCUT2D eigenvalue weighted by Gasteiger charge is 2.18. The highest BCUT2D eigenvalue weighted by atomic mass is 16.7. The molecule has 152 valence electrons. The van der Waals surface area contributed by atoms with E-state index < -0.39 is 0 Å². The van der Waals surface area contributed by atoms with Crippen LogP contribution in [-0.4, -0.2) is 37.6 Å². The lowest BCUT2D eigenvalue weighted by Crippen LogP contribution is -2.26. The number of hydrogen-bond acceptors (Lipinski definition) is 5. The predicted octanol–water partition coefficient (Wildman–Crippen LogP) is 3.35. The Morgan fingerprint density at radius 1 is 1.17 bits per heavy atom. The van der Waals surface area contributed by atoms with Gasteiger partial charge in [0.15, 0.2) is 11.5 Å². The maximum absolute atomic E-state index is 13.0. The first-order valence-corrected chi connectivity index (χ1v) is 9.62. The molecule has 2 aromatic carbocycles. The fraction of sp³-hybridized carbons (Fsp3) is 0.318. The quantitative estimate of drug-likeness (QED) is 0.632. The molecule has 2 heterocycles. The van der Waals surface area contributed by atoms with Crippen LogP contribution in [-0.2, 0) is 17.8 Å². The summed E-state index contributed by atoms with van der Waals surface area (Å²) in [6.07, 6.45) is 0. The first-order chi connectivity index (χ1) is 14.2.